The number of nitrogens with zero attached hydrogens (tertiary/aromatic N) is 4. The Balaban J connectivity index is 1.36. The first-order chi connectivity index (χ1) is 22.1. The van der Waals surface area contributed by atoms with Gasteiger partial charge in [0, 0.05) is 52.3 Å². The Hall–Kier alpha value is -4.20. The molecule has 1 aliphatic rings. The van der Waals surface area contributed by atoms with E-state index in [1.807, 2.05) is 79.9 Å². The first kappa shape index (κ1) is 30.5. The number of benzene rings is 3. The maximum Gasteiger partial charge on any atom is 0.275 e. The third-order valence-corrected chi connectivity index (χ3v) is 10.2. The molecule has 7 rings (SSSR count). The molecule has 46 heavy (non-hydrogen) atoms. The quantitative estimate of drug-likeness (QED) is 0.161. The number of carbonyl (C=O) groups excluding carboxylic acids is 1. The van der Waals surface area contributed by atoms with E-state index in [-0.39, 0.29) is 11.9 Å². The van der Waals surface area contributed by atoms with Crippen LogP contribution in [-0.4, -0.2) is 33.4 Å². The highest BCUT2D eigenvalue weighted by molar-refractivity contribution is 6.35. The summed E-state index contributed by atoms with van der Waals surface area (Å²) in [5, 5.41) is 8.05. The lowest BCUT2D eigenvalue weighted by molar-refractivity contribution is 0.0957. The van der Waals surface area contributed by atoms with Crippen LogP contribution in [0.4, 0.5) is 5.69 Å². The van der Waals surface area contributed by atoms with E-state index in [1.54, 1.807) is 6.26 Å². The van der Waals surface area contributed by atoms with Crippen molar-refractivity contribution in [3.8, 4) is 16.9 Å². The van der Waals surface area contributed by atoms with Gasteiger partial charge in [0.2, 0.25) is 0 Å². The molecule has 1 atom stereocenters. The zero-order chi connectivity index (χ0) is 32.4. The normalized spacial score (nSPS) is 14.9. The highest BCUT2D eigenvalue weighted by atomic mass is 35.5. The van der Waals surface area contributed by atoms with Crippen LogP contribution in [-0.2, 0) is 13.5 Å². The third-order valence-electron chi connectivity index (χ3n) is 9.32. The summed E-state index contributed by atoms with van der Waals surface area (Å²) in [6, 6.07) is 15.7. The minimum absolute atomic E-state index is 0.0385. The van der Waals surface area contributed by atoms with Gasteiger partial charge in [-0.25, -0.2) is 0 Å². The van der Waals surface area contributed by atoms with E-state index in [0.29, 0.717) is 36.7 Å². The molecule has 3 aromatic carbocycles. The summed E-state index contributed by atoms with van der Waals surface area (Å²) in [6.07, 6.45) is 3.06. The van der Waals surface area contributed by atoms with Gasteiger partial charge >= 0.3 is 0 Å². The number of rotatable bonds is 7. The Kier molecular flexibility index (Phi) is 7.65. The standard InChI is InChI=1S/C37H36Cl2N4O3/c1-20-16-25(17-21(2)34(20)39)45-15-9-11-26-27-13-14-29(38)33(32-23(4)40-41(6)24(32)5)35(27)43-22(3)18-42(37(44)36(26)43)30-19-46-31-12-8-7-10-28(30)31/h7-8,10,12-14,16-17,19,22H,9,11,15,18H2,1-6H3/t22-/m1/s1. The fraction of sp³-hybridized carbons (Fsp3) is 0.297. The van der Waals surface area contributed by atoms with Crippen molar-refractivity contribution in [2.75, 3.05) is 18.1 Å². The molecule has 1 amide bonds. The average Bonchev–Trinajstić information content (AvgIpc) is 3.68. The van der Waals surface area contributed by atoms with Crippen LogP contribution in [0.2, 0.25) is 10.0 Å². The molecule has 0 N–H and O–H groups in total. The first-order valence-corrected chi connectivity index (χ1v) is 16.4. The lowest BCUT2D eigenvalue weighted by atomic mass is 9.98. The van der Waals surface area contributed by atoms with Crippen molar-refractivity contribution in [1.29, 1.82) is 0 Å². The topological polar surface area (TPSA) is 65.4 Å². The predicted octanol–water partition coefficient (Wildman–Crippen LogP) is 9.56. The van der Waals surface area contributed by atoms with Crippen LogP contribution < -0.4 is 9.64 Å². The van der Waals surface area contributed by atoms with Crippen molar-refractivity contribution in [3.63, 3.8) is 0 Å². The zero-order valence-electron chi connectivity index (χ0n) is 26.9. The summed E-state index contributed by atoms with van der Waals surface area (Å²) < 4.78 is 16.2. The van der Waals surface area contributed by atoms with E-state index in [2.05, 4.69) is 24.5 Å². The molecule has 0 saturated heterocycles. The molecule has 0 radical (unpaired) electrons. The molecule has 0 bridgehead atoms. The van der Waals surface area contributed by atoms with Gasteiger partial charge in [-0.2, -0.15) is 5.10 Å². The van der Waals surface area contributed by atoms with Gasteiger partial charge in [-0.05, 0) is 94.5 Å². The van der Waals surface area contributed by atoms with Gasteiger partial charge < -0.3 is 18.6 Å². The molecule has 0 fully saturated rings. The number of hydrogen-bond donors (Lipinski definition) is 0. The number of hydrogen-bond acceptors (Lipinski definition) is 4. The van der Waals surface area contributed by atoms with Crippen LogP contribution in [0.1, 0.15) is 58.0 Å². The molecule has 236 valence electrons. The van der Waals surface area contributed by atoms with Crippen molar-refractivity contribution in [3.05, 3.63) is 98.6 Å². The van der Waals surface area contributed by atoms with Crippen molar-refractivity contribution in [1.82, 2.24) is 14.3 Å². The number of amides is 1. The fourth-order valence-corrected chi connectivity index (χ4v) is 7.47. The van der Waals surface area contributed by atoms with Crippen LogP contribution in [0, 0.1) is 27.7 Å². The number of para-hydroxylation sites is 1. The number of anilines is 1. The van der Waals surface area contributed by atoms with Gasteiger partial charge in [0.25, 0.3) is 5.91 Å². The van der Waals surface area contributed by atoms with E-state index >= 15 is 0 Å². The summed E-state index contributed by atoms with van der Waals surface area (Å²) in [7, 11) is 1.95. The maximum atomic E-state index is 14.7. The van der Waals surface area contributed by atoms with Gasteiger partial charge in [-0.1, -0.05) is 41.4 Å². The van der Waals surface area contributed by atoms with Gasteiger partial charge in [0.05, 0.1) is 28.5 Å². The first-order valence-electron chi connectivity index (χ1n) is 15.6. The Labute approximate surface area is 278 Å². The Morgan fingerprint density at radius 1 is 1.00 bits per heavy atom. The highest BCUT2D eigenvalue weighted by Crippen LogP contribution is 2.45. The lowest BCUT2D eigenvalue weighted by Crippen LogP contribution is -2.42. The number of carbonyl (C=O) groups is 1. The number of halogens is 2. The zero-order valence-corrected chi connectivity index (χ0v) is 28.4. The molecule has 4 heterocycles. The van der Waals surface area contributed by atoms with Crippen molar-refractivity contribution >= 4 is 56.7 Å². The van der Waals surface area contributed by atoms with Crippen molar-refractivity contribution in [2.24, 2.45) is 7.05 Å². The molecule has 0 unspecified atom stereocenters. The van der Waals surface area contributed by atoms with Crippen molar-refractivity contribution in [2.45, 2.75) is 53.5 Å². The van der Waals surface area contributed by atoms with E-state index in [1.165, 1.54) is 0 Å². The van der Waals surface area contributed by atoms with E-state index < -0.39 is 0 Å². The summed E-state index contributed by atoms with van der Waals surface area (Å²) in [4.78, 5) is 16.6. The van der Waals surface area contributed by atoms with Gasteiger partial charge in [-0.15, -0.1) is 0 Å². The molecule has 3 aromatic heterocycles. The number of aromatic nitrogens is 3. The average molecular weight is 656 g/mol. The summed E-state index contributed by atoms with van der Waals surface area (Å²) >= 11 is 13.4. The van der Waals surface area contributed by atoms with E-state index in [4.69, 9.17) is 37.5 Å². The van der Waals surface area contributed by atoms with Gasteiger partial charge in [0.15, 0.2) is 0 Å². The Morgan fingerprint density at radius 3 is 2.46 bits per heavy atom. The monoisotopic (exact) mass is 654 g/mol. The lowest BCUT2D eigenvalue weighted by Gasteiger charge is -2.33. The Morgan fingerprint density at radius 2 is 1.74 bits per heavy atom. The van der Waals surface area contributed by atoms with E-state index in [0.717, 1.165) is 77.5 Å². The number of fused-ring (bicyclic) bond motifs is 4. The number of ether oxygens (including phenoxy) is 1. The van der Waals surface area contributed by atoms with Crippen LogP contribution in [0.25, 0.3) is 33.0 Å². The molecule has 0 aliphatic carbocycles. The Bertz CT molecular complexity index is 2150. The number of furan rings is 1. The fourth-order valence-electron chi connectivity index (χ4n) is 7.11. The molecule has 0 saturated carbocycles. The molecular formula is C37H36Cl2N4O3. The minimum atomic E-state index is -0.0533. The van der Waals surface area contributed by atoms with Gasteiger partial charge in [0.1, 0.15) is 23.3 Å². The van der Waals surface area contributed by atoms with Gasteiger partial charge in [-0.3, -0.25) is 9.48 Å². The second kappa shape index (κ2) is 11.6. The second-order valence-electron chi connectivity index (χ2n) is 12.4. The van der Waals surface area contributed by atoms with Crippen LogP contribution in [0.3, 0.4) is 0 Å². The second-order valence-corrected chi connectivity index (χ2v) is 13.2. The van der Waals surface area contributed by atoms with Crippen molar-refractivity contribution < 1.29 is 13.9 Å². The highest BCUT2D eigenvalue weighted by Gasteiger charge is 2.37. The maximum absolute atomic E-state index is 14.7. The summed E-state index contributed by atoms with van der Waals surface area (Å²) in [6.45, 7) is 11.2. The number of aryl methyl sites for hydroxylation is 5. The molecule has 6 aromatic rings. The van der Waals surface area contributed by atoms with Crippen LogP contribution in [0.5, 0.6) is 5.75 Å². The SMILES string of the molecule is Cc1cc(OCCCc2c3n(c4c(-c5c(C)nn(C)c5C)c(Cl)ccc24)[C@H](C)CN(c2coc4ccccc24)C3=O)cc(C)c1Cl. The molecule has 9 heteroatoms. The molecule has 0 spiro atoms. The summed E-state index contributed by atoms with van der Waals surface area (Å²) in [5.74, 6) is 0.741. The third kappa shape index (κ3) is 4.79. The molecule has 7 nitrogen and oxygen atoms in total. The molecular weight excluding hydrogens is 619 g/mol. The minimum Gasteiger partial charge on any atom is -0.494 e. The van der Waals surface area contributed by atoms with Crippen LogP contribution >= 0.6 is 23.2 Å². The summed E-state index contributed by atoms with van der Waals surface area (Å²) in [5.41, 5.74) is 10.00. The van der Waals surface area contributed by atoms with Crippen LogP contribution in [0.15, 0.2) is 59.2 Å². The smallest absolute Gasteiger partial charge is 0.275 e. The predicted molar refractivity (Wildman–Crippen MR) is 186 cm³/mol. The van der Waals surface area contributed by atoms with E-state index in [9.17, 15) is 4.79 Å². The largest absolute Gasteiger partial charge is 0.494 e. The molecule has 1 aliphatic heterocycles.